The first-order chi connectivity index (χ1) is 11.6. The van der Waals surface area contributed by atoms with Crippen LogP contribution in [-0.4, -0.2) is 31.5 Å². The van der Waals surface area contributed by atoms with Crippen LogP contribution < -0.4 is 0 Å². The van der Waals surface area contributed by atoms with E-state index in [-0.39, 0.29) is 12.0 Å². The van der Waals surface area contributed by atoms with Crippen LogP contribution in [0.4, 0.5) is 0 Å². The number of hydrogen-bond acceptors (Lipinski definition) is 4. The van der Waals surface area contributed by atoms with E-state index in [1.807, 2.05) is 23.3 Å². The highest BCUT2D eigenvalue weighted by atomic mass is 28.4. The first-order valence-electron chi connectivity index (χ1n) is 8.92. The maximum absolute atomic E-state index is 11.5. The number of carbonyl (C=O) groups excluding carboxylic acids is 1. The highest BCUT2D eigenvalue weighted by Gasteiger charge is 2.33. The van der Waals surface area contributed by atoms with Gasteiger partial charge in [0.25, 0.3) is 0 Å². The number of ether oxygens (including phenoxy) is 1. The molecule has 0 spiro atoms. The molecule has 0 aliphatic carbocycles. The SMILES string of the molecule is C=C[C@H](OC(C)=O)[C@H](CC(C)C)N(Cc1ccccc1)O[Si](C)(C)C. The summed E-state index contributed by atoms with van der Waals surface area (Å²) in [5, 5.41) is 2.01. The molecule has 0 unspecified atom stereocenters. The van der Waals surface area contributed by atoms with Gasteiger partial charge in [0.05, 0.1) is 6.04 Å². The topological polar surface area (TPSA) is 38.8 Å². The smallest absolute Gasteiger partial charge is 0.303 e. The normalized spacial score (nSPS) is 14.4. The molecule has 0 fully saturated rings. The Bertz CT molecular complexity index is 540. The highest BCUT2D eigenvalue weighted by Crippen LogP contribution is 2.24. The average Bonchev–Trinajstić information content (AvgIpc) is 2.49. The molecular formula is C20H33NO3Si. The molecule has 25 heavy (non-hydrogen) atoms. The number of benzene rings is 1. The first-order valence-corrected chi connectivity index (χ1v) is 12.3. The van der Waals surface area contributed by atoms with Gasteiger partial charge in [0.15, 0.2) is 0 Å². The standard InChI is InChI=1S/C20H33NO3Si/c1-8-20(23-17(4)22)19(14-16(2)3)21(24-25(5,6)7)15-18-12-10-9-11-13-18/h8-13,16,19-20H,1,14-15H2,2-7H3/t19-,20-/m0/s1. The summed E-state index contributed by atoms with van der Waals surface area (Å²) in [5.74, 6) is 0.137. The molecule has 140 valence electrons. The Morgan fingerprint density at radius 2 is 1.84 bits per heavy atom. The van der Waals surface area contributed by atoms with Gasteiger partial charge in [-0.15, -0.1) is 0 Å². The van der Waals surface area contributed by atoms with Crippen LogP contribution >= 0.6 is 0 Å². The van der Waals surface area contributed by atoms with Crippen LogP contribution in [-0.2, 0) is 20.6 Å². The van der Waals surface area contributed by atoms with Crippen molar-refractivity contribution in [3.63, 3.8) is 0 Å². The summed E-state index contributed by atoms with van der Waals surface area (Å²) in [5.41, 5.74) is 1.17. The number of hydroxylamine groups is 2. The van der Waals surface area contributed by atoms with Crippen LogP contribution in [0.15, 0.2) is 43.0 Å². The van der Waals surface area contributed by atoms with Crippen molar-refractivity contribution in [2.45, 2.75) is 65.5 Å². The summed E-state index contributed by atoms with van der Waals surface area (Å²) in [7, 11) is -1.84. The summed E-state index contributed by atoms with van der Waals surface area (Å²) in [4.78, 5) is 11.5. The Balaban J connectivity index is 3.15. The molecule has 0 radical (unpaired) electrons. The zero-order valence-corrected chi connectivity index (χ0v) is 17.5. The third kappa shape index (κ3) is 8.47. The van der Waals surface area contributed by atoms with E-state index in [4.69, 9.17) is 9.26 Å². The Hall–Kier alpha value is -1.43. The lowest BCUT2D eigenvalue weighted by Crippen LogP contribution is -2.49. The Morgan fingerprint density at radius 3 is 2.28 bits per heavy atom. The molecule has 1 rings (SSSR count). The van der Waals surface area contributed by atoms with Crippen LogP contribution in [0, 0.1) is 5.92 Å². The van der Waals surface area contributed by atoms with E-state index >= 15 is 0 Å². The van der Waals surface area contributed by atoms with E-state index in [9.17, 15) is 4.79 Å². The fourth-order valence-corrected chi connectivity index (χ4v) is 3.61. The molecule has 0 N–H and O–H groups in total. The quantitative estimate of drug-likeness (QED) is 0.259. The van der Waals surface area contributed by atoms with Crippen molar-refractivity contribution < 1.29 is 14.1 Å². The molecule has 0 saturated heterocycles. The van der Waals surface area contributed by atoms with Crippen LogP contribution in [0.5, 0.6) is 0 Å². The fourth-order valence-electron chi connectivity index (χ4n) is 2.71. The van der Waals surface area contributed by atoms with Gasteiger partial charge in [-0.25, -0.2) is 0 Å². The number of hydrogen-bond donors (Lipinski definition) is 0. The molecule has 5 heteroatoms. The zero-order chi connectivity index (χ0) is 19.0. The van der Waals surface area contributed by atoms with Crippen molar-refractivity contribution in [2.24, 2.45) is 5.92 Å². The second kappa shape index (κ2) is 9.90. The third-order valence-corrected chi connectivity index (χ3v) is 4.35. The third-order valence-electron chi connectivity index (χ3n) is 3.57. The molecule has 0 heterocycles. The summed E-state index contributed by atoms with van der Waals surface area (Å²) in [6, 6.07) is 10.1. The molecule has 1 aromatic carbocycles. The van der Waals surface area contributed by atoms with Gasteiger partial charge in [0.2, 0.25) is 8.32 Å². The van der Waals surface area contributed by atoms with Crippen molar-refractivity contribution in [1.29, 1.82) is 0 Å². The van der Waals surface area contributed by atoms with Crippen LogP contribution in [0.2, 0.25) is 19.6 Å². The average molecular weight is 364 g/mol. The van der Waals surface area contributed by atoms with E-state index < -0.39 is 14.4 Å². The van der Waals surface area contributed by atoms with Gasteiger partial charge >= 0.3 is 5.97 Å². The molecule has 4 nitrogen and oxygen atoms in total. The molecule has 0 aliphatic rings. The van der Waals surface area contributed by atoms with Crippen molar-refractivity contribution in [3.05, 3.63) is 48.6 Å². The van der Waals surface area contributed by atoms with Gasteiger partial charge in [-0.3, -0.25) is 4.79 Å². The highest BCUT2D eigenvalue weighted by molar-refractivity contribution is 6.69. The van der Waals surface area contributed by atoms with Gasteiger partial charge in [-0.05, 0) is 43.6 Å². The number of nitrogens with zero attached hydrogens (tertiary/aromatic N) is 1. The molecule has 1 aromatic rings. The second-order valence-corrected chi connectivity index (χ2v) is 12.2. The molecule has 0 aliphatic heterocycles. The van der Waals surface area contributed by atoms with Crippen molar-refractivity contribution in [1.82, 2.24) is 5.06 Å². The monoisotopic (exact) mass is 363 g/mol. The summed E-state index contributed by atoms with van der Waals surface area (Å²) in [6.07, 6.45) is 2.15. The number of esters is 1. The number of rotatable bonds is 10. The zero-order valence-electron chi connectivity index (χ0n) is 16.5. The van der Waals surface area contributed by atoms with Gasteiger partial charge in [0, 0.05) is 13.5 Å². The predicted molar refractivity (Wildman–Crippen MR) is 105 cm³/mol. The Morgan fingerprint density at radius 1 is 1.24 bits per heavy atom. The van der Waals surface area contributed by atoms with Crippen LogP contribution in [0.3, 0.4) is 0 Å². The van der Waals surface area contributed by atoms with E-state index in [0.717, 1.165) is 6.42 Å². The fraction of sp³-hybridized carbons (Fsp3) is 0.550. The van der Waals surface area contributed by atoms with E-state index in [2.05, 4.69) is 52.2 Å². The minimum absolute atomic E-state index is 0.0756. The van der Waals surface area contributed by atoms with Crippen molar-refractivity contribution in [3.8, 4) is 0 Å². The van der Waals surface area contributed by atoms with Crippen LogP contribution in [0.25, 0.3) is 0 Å². The van der Waals surface area contributed by atoms with Crippen LogP contribution in [0.1, 0.15) is 32.8 Å². The van der Waals surface area contributed by atoms with E-state index in [1.54, 1.807) is 6.08 Å². The Kier molecular flexibility index (Phi) is 8.55. The maximum atomic E-state index is 11.5. The molecule has 0 saturated carbocycles. The predicted octanol–water partition coefficient (Wildman–Crippen LogP) is 4.79. The lowest BCUT2D eigenvalue weighted by Gasteiger charge is -2.39. The van der Waals surface area contributed by atoms with Crippen molar-refractivity contribution >= 4 is 14.3 Å². The molecule has 0 bridgehead atoms. The van der Waals surface area contributed by atoms with E-state index in [1.165, 1.54) is 12.5 Å². The largest absolute Gasteiger partial charge is 0.457 e. The summed E-state index contributed by atoms with van der Waals surface area (Å²) < 4.78 is 11.9. The second-order valence-electron chi connectivity index (χ2n) is 7.77. The first kappa shape index (κ1) is 21.6. The molecule has 0 amide bonds. The molecule has 0 aromatic heterocycles. The minimum atomic E-state index is -1.84. The van der Waals surface area contributed by atoms with Gasteiger partial charge < -0.3 is 9.26 Å². The lowest BCUT2D eigenvalue weighted by molar-refractivity contribution is -0.167. The lowest BCUT2D eigenvalue weighted by atomic mass is 9.98. The van der Waals surface area contributed by atoms with Gasteiger partial charge in [-0.1, -0.05) is 50.8 Å². The van der Waals surface area contributed by atoms with Gasteiger partial charge in [0.1, 0.15) is 6.10 Å². The molecule has 2 atom stereocenters. The number of carbonyl (C=O) groups is 1. The van der Waals surface area contributed by atoms with E-state index in [0.29, 0.717) is 12.5 Å². The maximum Gasteiger partial charge on any atom is 0.303 e. The summed E-state index contributed by atoms with van der Waals surface area (Å²) in [6.45, 7) is 16.8. The minimum Gasteiger partial charge on any atom is -0.457 e. The molecular weight excluding hydrogens is 330 g/mol. The Labute approximate surface area is 153 Å². The summed E-state index contributed by atoms with van der Waals surface area (Å²) >= 11 is 0. The van der Waals surface area contributed by atoms with Crippen molar-refractivity contribution in [2.75, 3.05) is 0 Å². The van der Waals surface area contributed by atoms with Gasteiger partial charge in [-0.2, -0.15) is 5.06 Å².